The molecule has 1 saturated heterocycles. The summed E-state index contributed by atoms with van der Waals surface area (Å²) in [6.45, 7) is 1.09. The van der Waals surface area contributed by atoms with Crippen LogP contribution in [0.3, 0.4) is 0 Å². The minimum absolute atomic E-state index is 0.0737. The lowest BCUT2D eigenvalue weighted by Gasteiger charge is -2.32. The van der Waals surface area contributed by atoms with E-state index in [1.165, 1.54) is 23.1 Å². The lowest BCUT2D eigenvalue weighted by atomic mass is 10.2. The van der Waals surface area contributed by atoms with Crippen molar-refractivity contribution in [1.29, 1.82) is 0 Å². The van der Waals surface area contributed by atoms with Crippen LogP contribution in [0.2, 0.25) is 0 Å². The van der Waals surface area contributed by atoms with Crippen LogP contribution in [0.1, 0.15) is 10.4 Å². The van der Waals surface area contributed by atoms with Crippen molar-refractivity contribution < 1.29 is 14.0 Å². The number of nitrogens with zero attached hydrogens (tertiary/aromatic N) is 2. The molecule has 1 aliphatic rings. The van der Waals surface area contributed by atoms with Crippen LogP contribution in [0.25, 0.3) is 0 Å². The van der Waals surface area contributed by atoms with Gasteiger partial charge < -0.3 is 9.80 Å². The lowest BCUT2D eigenvalue weighted by molar-refractivity contribution is -0.133. The molecule has 0 saturated carbocycles. The van der Waals surface area contributed by atoms with Crippen molar-refractivity contribution >= 4 is 27.7 Å². The summed E-state index contributed by atoms with van der Waals surface area (Å²) < 4.78 is 13.3. The fourth-order valence-electron chi connectivity index (χ4n) is 1.74. The summed E-state index contributed by atoms with van der Waals surface area (Å²) in [6, 6.07) is 4.08. The molecule has 2 rings (SSSR count). The number of halogens is 2. The largest absolute Gasteiger partial charge is 0.342 e. The van der Waals surface area contributed by atoms with Gasteiger partial charge in [-0.2, -0.15) is 0 Å². The van der Waals surface area contributed by atoms with Crippen LogP contribution in [-0.4, -0.2) is 48.3 Å². The summed E-state index contributed by atoms with van der Waals surface area (Å²) in [6.07, 6.45) is 0. The molecule has 6 heteroatoms. The van der Waals surface area contributed by atoms with Crippen molar-refractivity contribution in [2.75, 3.05) is 26.7 Å². The van der Waals surface area contributed by atoms with Crippen LogP contribution >= 0.6 is 15.9 Å². The van der Waals surface area contributed by atoms with Gasteiger partial charge in [0.15, 0.2) is 0 Å². The second-order valence-electron chi connectivity index (χ2n) is 4.17. The van der Waals surface area contributed by atoms with E-state index in [9.17, 15) is 14.0 Å². The van der Waals surface area contributed by atoms with E-state index in [4.69, 9.17) is 0 Å². The van der Waals surface area contributed by atoms with E-state index >= 15 is 0 Å². The highest BCUT2D eigenvalue weighted by Crippen LogP contribution is 2.18. The van der Waals surface area contributed by atoms with Gasteiger partial charge in [-0.25, -0.2) is 4.39 Å². The lowest BCUT2D eigenvalue weighted by Crippen LogP contribution is -2.50. The summed E-state index contributed by atoms with van der Waals surface area (Å²) in [5, 5.41) is 0. The average molecular weight is 315 g/mol. The van der Waals surface area contributed by atoms with Crippen molar-refractivity contribution in [3.8, 4) is 0 Å². The molecule has 1 aromatic carbocycles. The van der Waals surface area contributed by atoms with Gasteiger partial charge in [0, 0.05) is 25.7 Å². The number of hydrogen-bond donors (Lipinski definition) is 0. The van der Waals surface area contributed by atoms with Crippen LogP contribution in [-0.2, 0) is 4.79 Å². The minimum Gasteiger partial charge on any atom is -0.342 e. The Hall–Kier alpha value is -1.43. The van der Waals surface area contributed by atoms with E-state index in [0.29, 0.717) is 18.7 Å². The van der Waals surface area contributed by atoms with Crippen molar-refractivity contribution in [2.45, 2.75) is 0 Å². The highest BCUT2D eigenvalue weighted by Gasteiger charge is 2.25. The Morgan fingerprint density at radius 3 is 2.72 bits per heavy atom. The minimum atomic E-state index is -0.416. The first-order chi connectivity index (χ1) is 8.49. The molecule has 1 heterocycles. The normalized spacial score (nSPS) is 16.1. The van der Waals surface area contributed by atoms with Crippen LogP contribution < -0.4 is 0 Å². The molecule has 0 aliphatic carbocycles. The van der Waals surface area contributed by atoms with Crippen molar-refractivity contribution in [1.82, 2.24) is 9.80 Å². The summed E-state index contributed by atoms with van der Waals surface area (Å²) in [5.74, 6) is -0.756. The van der Waals surface area contributed by atoms with Gasteiger partial charge in [0.25, 0.3) is 5.91 Å². The Bertz CT molecular complexity index is 507. The molecule has 0 spiro atoms. The third-order valence-electron chi connectivity index (χ3n) is 2.91. The van der Waals surface area contributed by atoms with Crippen LogP contribution in [0.15, 0.2) is 22.7 Å². The Balaban J connectivity index is 2.16. The maximum absolute atomic E-state index is 13.1. The van der Waals surface area contributed by atoms with Gasteiger partial charge in [0.05, 0.1) is 4.47 Å². The first-order valence-electron chi connectivity index (χ1n) is 5.47. The number of carbonyl (C=O) groups is 2. The standard InChI is InChI=1S/C12H12BrFN2O2/c1-15-4-5-16(7-11(15)17)12(18)8-2-3-10(14)9(13)6-8/h2-3,6H,4-5,7H2,1H3. The molecule has 18 heavy (non-hydrogen) atoms. The van der Waals surface area contributed by atoms with E-state index in [-0.39, 0.29) is 22.8 Å². The maximum Gasteiger partial charge on any atom is 0.254 e. The number of hydrogen-bond acceptors (Lipinski definition) is 2. The predicted octanol–water partition coefficient (Wildman–Crippen LogP) is 1.50. The molecule has 0 N–H and O–H groups in total. The third-order valence-corrected chi connectivity index (χ3v) is 3.52. The van der Waals surface area contributed by atoms with E-state index in [0.717, 1.165) is 0 Å². The van der Waals surface area contributed by atoms with Crippen LogP contribution in [0.4, 0.5) is 4.39 Å². The summed E-state index contributed by atoms with van der Waals surface area (Å²) >= 11 is 3.04. The molecule has 0 radical (unpaired) electrons. The van der Waals surface area contributed by atoms with Crippen molar-refractivity contribution in [3.63, 3.8) is 0 Å². The quantitative estimate of drug-likeness (QED) is 0.788. The Morgan fingerprint density at radius 2 is 2.11 bits per heavy atom. The van der Waals surface area contributed by atoms with E-state index in [1.54, 1.807) is 11.9 Å². The van der Waals surface area contributed by atoms with Gasteiger partial charge in [-0.05, 0) is 34.1 Å². The summed E-state index contributed by atoms with van der Waals surface area (Å²) in [4.78, 5) is 26.7. The number of piperazine rings is 1. The average Bonchev–Trinajstić information content (AvgIpc) is 2.35. The predicted molar refractivity (Wildman–Crippen MR) is 67.6 cm³/mol. The second-order valence-corrected chi connectivity index (χ2v) is 5.03. The van der Waals surface area contributed by atoms with Crippen molar-refractivity contribution in [3.05, 3.63) is 34.1 Å². The zero-order valence-corrected chi connectivity index (χ0v) is 11.4. The van der Waals surface area contributed by atoms with Gasteiger partial charge in [-0.3, -0.25) is 9.59 Å². The molecule has 0 unspecified atom stereocenters. The van der Waals surface area contributed by atoms with Crippen LogP contribution in [0.5, 0.6) is 0 Å². The second kappa shape index (κ2) is 5.06. The highest BCUT2D eigenvalue weighted by atomic mass is 79.9. The molecule has 1 aliphatic heterocycles. The topological polar surface area (TPSA) is 40.6 Å². The van der Waals surface area contributed by atoms with Gasteiger partial charge in [-0.1, -0.05) is 0 Å². The summed E-state index contributed by atoms with van der Waals surface area (Å²) in [5.41, 5.74) is 0.376. The zero-order valence-electron chi connectivity index (χ0n) is 9.82. The number of amides is 2. The third kappa shape index (κ3) is 2.53. The molecular weight excluding hydrogens is 303 g/mol. The van der Waals surface area contributed by atoms with Gasteiger partial charge in [0.2, 0.25) is 5.91 Å². The van der Waals surface area contributed by atoms with Gasteiger partial charge in [0.1, 0.15) is 12.4 Å². The molecule has 2 amide bonds. The first-order valence-corrected chi connectivity index (χ1v) is 6.26. The summed E-state index contributed by atoms with van der Waals surface area (Å²) in [7, 11) is 1.71. The highest BCUT2D eigenvalue weighted by molar-refractivity contribution is 9.10. The number of rotatable bonds is 1. The Morgan fingerprint density at radius 1 is 1.39 bits per heavy atom. The first kappa shape index (κ1) is 13.0. The molecule has 1 aromatic rings. The molecule has 1 fully saturated rings. The van der Waals surface area contributed by atoms with Gasteiger partial charge >= 0.3 is 0 Å². The molecule has 4 nitrogen and oxygen atoms in total. The fourth-order valence-corrected chi connectivity index (χ4v) is 2.12. The molecule has 0 bridgehead atoms. The number of likely N-dealkylation sites (N-methyl/N-ethyl adjacent to an activating group) is 1. The molecule has 0 atom stereocenters. The smallest absolute Gasteiger partial charge is 0.254 e. The van der Waals surface area contributed by atoms with Crippen LogP contribution in [0, 0.1) is 5.82 Å². The molecular formula is C12H12BrFN2O2. The Labute approximate surface area is 112 Å². The molecule has 96 valence electrons. The number of carbonyl (C=O) groups excluding carboxylic acids is 2. The van der Waals surface area contributed by atoms with Gasteiger partial charge in [-0.15, -0.1) is 0 Å². The monoisotopic (exact) mass is 314 g/mol. The number of benzene rings is 1. The van der Waals surface area contributed by atoms with Crippen molar-refractivity contribution in [2.24, 2.45) is 0 Å². The van der Waals surface area contributed by atoms with E-state index < -0.39 is 5.82 Å². The zero-order chi connectivity index (χ0) is 13.3. The van der Waals surface area contributed by atoms with E-state index in [2.05, 4.69) is 15.9 Å². The SMILES string of the molecule is CN1CCN(C(=O)c2ccc(F)c(Br)c2)CC1=O. The fraction of sp³-hybridized carbons (Fsp3) is 0.333. The van der Waals surface area contributed by atoms with E-state index in [1.807, 2.05) is 0 Å². The molecule has 0 aromatic heterocycles. The Kier molecular flexibility index (Phi) is 3.65. The maximum atomic E-state index is 13.1.